The van der Waals surface area contributed by atoms with E-state index in [2.05, 4.69) is 43.7 Å². The molecule has 5 nitrogen and oxygen atoms in total. The van der Waals surface area contributed by atoms with E-state index in [0.29, 0.717) is 0 Å². The van der Waals surface area contributed by atoms with Crippen LogP contribution in [0.1, 0.15) is 11.4 Å². The molecule has 0 saturated carbocycles. The van der Waals surface area contributed by atoms with Gasteiger partial charge in [-0.15, -0.1) is 0 Å². The highest BCUT2D eigenvalue weighted by atomic mass is 15.3. The topological polar surface area (TPSA) is 36.7 Å². The minimum absolute atomic E-state index is 0.930. The van der Waals surface area contributed by atoms with Crippen LogP contribution in [0.4, 0.5) is 0 Å². The number of piperazine rings is 1. The van der Waals surface area contributed by atoms with Gasteiger partial charge in [0.05, 0.1) is 11.4 Å². The van der Waals surface area contributed by atoms with Gasteiger partial charge in [0.15, 0.2) is 0 Å². The van der Waals surface area contributed by atoms with Crippen molar-refractivity contribution < 1.29 is 0 Å². The summed E-state index contributed by atoms with van der Waals surface area (Å²) in [4.78, 5) is 14.1. The van der Waals surface area contributed by atoms with Gasteiger partial charge in [-0.1, -0.05) is 12.1 Å². The molecular weight excluding hydrogens is 286 g/mol. The number of rotatable bonds is 4. The van der Waals surface area contributed by atoms with E-state index in [9.17, 15) is 0 Å². The Morgan fingerprint density at radius 3 is 2.26 bits per heavy atom. The third-order valence-electron chi connectivity index (χ3n) is 4.38. The minimum atomic E-state index is 0.930. The molecule has 5 heteroatoms. The van der Waals surface area contributed by atoms with Crippen molar-refractivity contribution in [2.24, 2.45) is 0 Å². The summed E-state index contributed by atoms with van der Waals surface area (Å²) in [6.45, 7) is 6.22. The van der Waals surface area contributed by atoms with Gasteiger partial charge in [0.2, 0.25) is 0 Å². The molecule has 0 aliphatic carbocycles. The van der Waals surface area contributed by atoms with E-state index in [-0.39, 0.29) is 0 Å². The maximum absolute atomic E-state index is 4.69. The smallest absolute Gasteiger partial charge is 0.137 e. The van der Waals surface area contributed by atoms with Gasteiger partial charge in [-0.05, 0) is 24.3 Å². The Bertz CT molecular complexity index is 726. The van der Waals surface area contributed by atoms with Crippen LogP contribution in [0, 0.1) is 0 Å². The zero-order valence-corrected chi connectivity index (χ0v) is 13.2. The Balaban J connectivity index is 1.32. The Morgan fingerprint density at radius 1 is 0.826 bits per heavy atom. The molecule has 118 valence electrons. The first-order valence-electron chi connectivity index (χ1n) is 8.14. The van der Waals surface area contributed by atoms with Gasteiger partial charge in [0, 0.05) is 57.9 Å². The van der Waals surface area contributed by atoms with Crippen molar-refractivity contribution in [2.45, 2.75) is 13.1 Å². The van der Waals surface area contributed by atoms with Crippen LogP contribution in [0.5, 0.6) is 0 Å². The number of hydrogen-bond acceptors (Lipinski definition) is 4. The van der Waals surface area contributed by atoms with Crippen molar-refractivity contribution in [3.05, 3.63) is 66.4 Å². The number of imidazole rings is 1. The van der Waals surface area contributed by atoms with Crippen molar-refractivity contribution in [1.29, 1.82) is 0 Å². The summed E-state index contributed by atoms with van der Waals surface area (Å²) in [6.07, 6.45) is 6.06. The lowest BCUT2D eigenvalue weighted by Gasteiger charge is -2.34. The number of aromatic nitrogens is 3. The molecule has 1 fully saturated rings. The molecular formula is C18H21N5. The fourth-order valence-electron chi connectivity index (χ4n) is 3.12. The molecule has 0 unspecified atom stereocenters. The van der Waals surface area contributed by atoms with E-state index in [0.717, 1.165) is 56.3 Å². The Kier molecular flexibility index (Phi) is 4.05. The van der Waals surface area contributed by atoms with Gasteiger partial charge in [-0.3, -0.25) is 14.8 Å². The standard InChI is InChI=1S/C18H21N5/c1-3-7-19-16(5-1)13-21-9-11-22(12-10-21)14-17-15-23-8-4-2-6-18(23)20-17/h1-8,15H,9-14H2. The van der Waals surface area contributed by atoms with E-state index >= 15 is 0 Å². The fourth-order valence-corrected chi connectivity index (χ4v) is 3.12. The third kappa shape index (κ3) is 3.41. The summed E-state index contributed by atoms with van der Waals surface area (Å²) in [5.41, 5.74) is 3.33. The van der Waals surface area contributed by atoms with Gasteiger partial charge < -0.3 is 4.40 Å². The van der Waals surface area contributed by atoms with Crippen molar-refractivity contribution in [2.75, 3.05) is 26.2 Å². The van der Waals surface area contributed by atoms with Crippen molar-refractivity contribution >= 4 is 5.65 Å². The van der Waals surface area contributed by atoms with Gasteiger partial charge >= 0.3 is 0 Å². The van der Waals surface area contributed by atoms with E-state index < -0.39 is 0 Å². The van der Waals surface area contributed by atoms with Gasteiger partial charge in [0.25, 0.3) is 0 Å². The zero-order chi connectivity index (χ0) is 15.5. The molecule has 4 rings (SSSR count). The first-order valence-corrected chi connectivity index (χ1v) is 8.14. The van der Waals surface area contributed by atoms with Crippen LogP contribution >= 0.6 is 0 Å². The predicted molar refractivity (Wildman–Crippen MR) is 90.0 cm³/mol. The molecule has 0 N–H and O–H groups in total. The summed E-state index contributed by atoms with van der Waals surface area (Å²) >= 11 is 0. The molecule has 0 spiro atoms. The number of nitrogens with zero attached hydrogens (tertiary/aromatic N) is 5. The van der Waals surface area contributed by atoms with Gasteiger partial charge in [-0.25, -0.2) is 4.98 Å². The number of hydrogen-bond donors (Lipinski definition) is 0. The quantitative estimate of drug-likeness (QED) is 0.739. The van der Waals surface area contributed by atoms with Crippen LogP contribution in [0.25, 0.3) is 5.65 Å². The van der Waals surface area contributed by atoms with Crippen molar-refractivity contribution in [3.8, 4) is 0 Å². The van der Waals surface area contributed by atoms with Crippen LogP contribution in [0.3, 0.4) is 0 Å². The van der Waals surface area contributed by atoms with Gasteiger partial charge in [-0.2, -0.15) is 0 Å². The van der Waals surface area contributed by atoms with Crippen molar-refractivity contribution in [3.63, 3.8) is 0 Å². The van der Waals surface area contributed by atoms with Crippen LogP contribution in [-0.2, 0) is 13.1 Å². The zero-order valence-electron chi connectivity index (χ0n) is 13.2. The van der Waals surface area contributed by atoms with E-state index in [4.69, 9.17) is 4.98 Å². The van der Waals surface area contributed by atoms with Crippen molar-refractivity contribution in [1.82, 2.24) is 24.2 Å². The van der Waals surface area contributed by atoms with E-state index in [1.165, 1.54) is 0 Å². The molecule has 3 aromatic heterocycles. The molecule has 1 saturated heterocycles. The molecule has 1 aliphatic rings. The lowest BCUT2D eigenvalue weighted by molar-refractivity contribution is 0.120. The lowest BCUT2D eigenvalue weighted by Crippen LogP contribution is -2.45. The lowest BCUT2D eigenvalue weighted by atomic mass is 10.2. The van der Waals surface area contributed by atoms with Gasteiger partial charge in [0.1, 0.15) is 5.65 Å². The second kappa shape index (κ2) is 6.48. The highest BCUT2D eigenvalue weighted by molar-refractivity contribution is 5.39. The van der Waals surface area contributed by atoms with E-state index in [1.807, 2.05) is 30.5 Å². The first-order chi connectivity index (χ1) is 11.4. The highest BCUT2D eigenvalue weighted by Gasteiger charge is 2.18. The predicted octanol–water partition coefficient (Wildman–Crippen LogP) is 2.05. The molecule has 0 amide bonds. The molecule has 4 heterocycles. The van der Waals surface area contributed by atoms with Crippen LogP contribution in [-0.4, -0.2) is 50.3 Å². The number of pyridine rings is 2. The summed E-state index contributed by atoms with van der Waals surface area (Å²) < 4.78 is 2.09. The summed E-state index contributed by atoms with van der Waals surface area (Å²) in [5.74, 6) is 0. The molecule has 23 heavy (non-hydrogen) atoms. The summed E-state index contributed by atoms with van der Waals surface area (Å²) in [6, 6.07) is 12.2. The summed E-state index contributed by atoms with van der Waals surface area (Å²) in [5, 5.41) is 0. The average molecular weight is 307 g/mol. The molecule has 1 aliphatic heterocycles. The van der Waals surface area contributed by atoms with E-state index in [1.54, 1.807) is 0 Å². The third-order valence-corrected chi connectivity index (χ3v) is 4.38. The van der Waals surface area contributed by atoms with Crippen LogP contribution in [0.15, 0.2) is 55.0 Å². The maximum atomic E-state index is 4.69. The Hall–Kier alpha value is -2.24. The second-order valence-electron chi connectivity index (χ2n) is 6.07. The molecule has 3 aromatic rings. The second-order valence-corrected chi connectivity index (χ2v) is 6.07. The number of fused-ring (bicyclic) bond motifs is 1. The fraction of sp³-hybridized carbons (Fsp3) is 0.333. The van der Waals surface area contributed by atoms with Crippen LogP contribution < -0.4 is 0 Å². The minimum Gasteiger partial charge on any atom is -0.307 e. The monoisotopic (exact) mass is 307 g/mol. The average Bonchev–Trinajstić information content (AvgIpc) is 3.00. The molecule has 0 radical (unpaired) electrons. The SMILES string of the molecule is c1ccc(CN2CCN(Cc3cn4ccccc4n3)CC2)nc1. The Morgan fingerprint density at radius 2 is 1.57 bits per heavy atom. The first kappa shape index (κ1) is 14.4. The Labute approximate surface area is 136 Å². The molecule has 0 bridgehead atoms. The normalized spacial score (nSPS) is 16.9. The van der Waals surface area contributed by atoms with Crippen LogP contribution in [0.2, 0.25) is 0 Å². The largest absolute Gasteiger partial charge is 0.307 e. The highest BCUT2D eigenvalue weighted by Crippen LogP contribution is 2.11. The summed E-state index contributed by atoms with van der Waals surface area (Å²) in [7, 11) is 0. The molecule has 0 atom stereocenters. The molecule has 0 aromatic carbocycles. The maximum Gasteiger partial charge on any atom is 0.137 e.